The molecule has 96 valence electrons. The molecule has 18 heavy (non-hydrogen) atoms. The van der Waals surface area contributed by atoms with Crippen LogP contribution in [0.3, 0.4) is 0 Å². The molecule has 0 amide bonds. The second-order valence-corrected chi connectivity index (χ2v) is 4.03. The number of H-pyrrole nitrogens is 1. The molecule has 7 heteroatoms. The lowest BCUT2D eigenvalue weighted by molar-refractivity contribution is 0.0697. The van der Waals surface area contributed by atoms with Gasteiger partial charge in [0.05, 0.1) is 11.4 Å². The quantitative estimate of drug-likeness (QED) is 0.695. The second kappa shape index (κ2) is 4.99. The van der Waals surface area contributed by atoms with Crippen molar-refractivity contribution < 1.29 is 9.90 Å². The lowest BCUT2D eigenvalue weighted by Crippen LogP contribution is -2.11. The molecule has 0 aromatic carbocycles. The number of nitrogens with zero attached hydrogens (tertiary/aromatic N) is 3. The number of aromatic nitrogens is 4. The van der Waals surface area contributed by atoms with Crippen LogP contribution in [0.5, 0.6) is 0 Å². The zero-order chi connectivity index (χ0) is 13.1. The van der Waals surface area contributed by atoms with Crippen molar-refractivity contribution in [3.63, 3.8) is 0 Å². The fraction of sp³-hybridized carbons (Fsp3) is 0.455. The summed E-state index contributed by atoms with van der Waals surface area (Å²) in [4.78, 5) is 15.4. The molecule has 0 aliphatic rings. The SMILES string of the molecule is CCCCNc1c(C(=O)O)c(C)nc2n[nH]nc12. The lowest BCUT2D eigenvalue weighted by atomic mass is 10.1. The van der Waals surface area contributed by atoms with Gasteiger partial charge in [-0.1, -0.05) is 13.3 Å². The monoisotopic (exact) mass is 249 g/mol. The Bertz CT molecular complexity index is 578. The minimum Gasteiger partial charge on any atom is -0.478 e. The summed E-state index contributed by atoms with van der Waals surface area (Å²) in [6.07, 6.45) is 1.99. The average molecular weight is 249 g/mol. The fourth-order valence-electron chi connectivity index (χ4n) is 1.81. The number of fused-ring (bicyclic) bond motifs is 1. The van der Waals surface area contributed by atoms with Gasteiger partial charge in [0.1, 0.15) is 5.56 Å². The van der Waals surface area contributed by atoms with E-state index in [0.717, 1.165) is 12.8 Å². The number of unbranched alkanes of at least 4 members (excludes halogenated alkanes) is 1. The van der Waals surface area contributed by atoms with Gasteiger partial charge in [-0.2, -0.15) is 10.3 Å². The molecule has 0 spiro atoms. The first-order valence-electron chi connectivity index (χ1n) is 5.83. The topological polar surface area (TPSA) is 104 Å². The summed E-state index contributed by atoms with van der Waals surface area (Å²) in [5, 5.41) is 22.7. The first-order valence-corrected chi connectivity index (χ1v) is 5.83. The summed E-state index contributed by atoms with van der Waals surface area (Å²) in [5.74, 6) is -1.01. The van der Waals surface area contributed by atoms with Crippen molar-refractivity contribution in [2.45, 2.75) is 26.7 Å². The van der Waals surface area contributed by atoms with Crippen molar-refractivity contribution in [2.75, 3.05) is 11.9 Å². The third-order valence-corrected chi connectivity index (χ3v) is 2.70. The van der Waals surface area contributed by atoms with E-state index in [9.17, 15) is 9.90 Å². The Morgan fingerprint density at radius 3 is 2.89 bits per heavy atom. The first kappa shape index (κ1) is 12.3. The zero-order valence-electron chi connectivity index (χ0n) is 10.3. The number of aromatic amines is 1. The third-order valence-electron chi connectivity index (χ3n) is 2.70. The molecule has 2 rings (SSSR count). The highest BCUT2D eigenvalue weighted by Crippen LogP contribution is 2.25. The Morgan fingerprint density at radius 2 is 2.22 bits per heavy atom. The number of nitrogens with one attached hydrogen (secondary N) is 2. The summed E-state index contributed by atoms with van der Waals surface area (Å²) >= 11 is 0. The van der Waals surface area contributed by atoms with Gasteiger partial charge in [0, 0.05) is 6.54 Å². The van der Waals surface area contributed by atoms with Gasteiger partial charge in [-0.3, -0.25) is 0 Å². The Balaban J connectivity index is 2.52. The number of hydrogen-bond acceptors (Lipinski definition) is 5. The Morgan fingerprint density at radius 1 is 1.44 bits per heavy atom. The molecular weight excluding hydrogens is 234 g/mol. The molecule has 0 aliphatic heterocycles. The Kier molecular flexibility index (Phi) is 3.40. The highest BCUT2D eigenvalue weighted by atomic mass is 16.4. The van der Waals surface area contributed by atoms with Crippen LogP contribution in [0.1, 0.15) is 35.8 Å². The number of carbonyl (C=O) groups is 1. The largest absolute Gasteiger partial charge is 0.478 e. The van der Waals surface area contributed by atoms with E-state index in [0.29, 0.717) is 29.1 Å². The number of aryl methyl sites for hydroxylation is 1. The second-order valence-electron chi connectivity index (χ2n) is 4.03. The van der Waals surface area contributed by atoms with Crippen molar-refractivity contribution in [2.24, 2.45) is 0 Å². The predicted octanol–water partition coefficient (Wildman–Crippen LogP) is 1.57. The maximum Gasteiger partial charge on any atom is 0.339 e. The third kappa shape index (κ3) is 2.11. The van der Waals surface area contributed by atoms with E-state index in [4.69, 9.17) is 0 Å². The van der Waals surface area contributed by atoms with Gasteiger partial charge in [-0.25, -0.2) is 9.78 Å². The van der Waals surface area contributed by atoms with E-state index in [1.165, 1.54) is 0 Å². The molecule has 2 aromatic heterocycles. The van der Waals surface area contributed by atoms with E-state index in [2.05, 4.69) is 32.6 Å². The molecule has 7 nitrogen and oxygen atoms in total. The molecule has 0 aliphatic carbocycles. The molecule has 0 unspecified atom stereocenters. The highest BCUT2D eigenvalue weighted by molar-refractivity contribution is 6.03. The van der Waals surface area contributed by atoms with Gasteiger partial charge in [-0.05, 0) is 13.3 Å². The normalized spacial score (nSPS) is 10.8. The minimum atomic E-state index is -1.01. The van der Waals surface area contributed by atoms with Crippen molar-refractivity contribution in [1.29, 1.82) is 0 Å². The average Bonchev–Trinajstić information content (AvgIpc) is 2.76. The van der Waals surface area contributed by atoms with E-state index >= 15 is 0 Å². The van der Waals surface area contributed by atoms with Crippen LogP contribution in [-0.4, -0.2) is 38.0 Å². The van der Waals surface area contributed by atoms with Crippen LogP contribution in [0.2, 0.25) is 0 Å². The van der Waals surface area contributed by atoms with Crippen LogP contribution in [0.4, 0.5) is 5.69 Å². The van der Waals surface area contributed by atoms with Crippen molar-refractivity contribution in [1.82, 2.24) is 20.4 Å². The van der Waals surface area contributed by atoms with Crippen LogP contribution in [-0.2, 0) is 0 Å². The van der Waals surface area contributed by atoms with Crippen LogP contribution in [0, 0.1) is 6.92 Å². The number of anilines is 1. The Hall–Kier alpha value is -2.18. The number of aromatic carboxylic acids is 1. The van der Waals surface area contributed by atoms with Crippen LogP contribution in [0.15, 0.2) is 0 Å². The maximum atomic E-state index is 11.3. The summed E-state index contributed by atoms with van der Waals surface area (Å²) < 4.78 is 0. The number of pyridine rings is 1. The number of hydrogen-bond donors (Lipinski definition) is 3. The maximum absolute atomic E-state index is 11.3. The van der Waals surface area contributed by atoms with Crippen LogP contribution >= 0.6 is 0 Å². The summed E-state index contributed by atoms with van der Waals surface area (Å²) in [6.45, 7) is 4.42. The first-order chi connectivity index (χ1) is 8.65. The van der Waals surface area contributed by atoms with Crippen molar-refractivity contribution in [3.8, 4) is 0 Å². The van der Waals surface area contributed by atoms with Crippen molar-refractivity contribution in [3.05, 3.63) is 11.3 Å². The standard InChI is InChI=1S/C11H15N5O2/c1-3-4-5-12-8-7(11(17)18)6(2)13-10-9(8)14-16-15-10/h3-5H2,1-2H3,(H,17,18)(H2,12,13,14,15,16). The molecule has 0 fully saturated rings. The molecule has 0 saturated heterocycles. The molecule has 0 bridgehead atoms. The van der Waals surface area contributed by atoms with E-state index in [1.807, 2.05) is 0 Å². The zero-order valence-corrected chi connectivity index (χ0v) is 10.3. The van der Waals surface area contributed by atoms with Crippen LogP contribution in [0.25, 0.3) is 11.2 Å². The fourth-order valence-corrected chi connectivity index (χ4v) is 1.81. The number of rotatable bonds is 5. The van der Waals surface area contributed by atoms with E-state index in [-0.39, 0.29) is 5.56 Å². The van der Waals surface area contributed by atoms with Crippen molar-refractivity contribution >= 4 is 22.8 Å². The van der Waals surface area contributed by atoms with Crippen LogP contribution < -0.4 is 5.32 Å². The predicted molar refractivity (Wildman–Crippen MR) is 66.8 cm³/mol. The smallest absolute Gasteiger partial charge is 0.339 e. The van der Waals surface area contributed by atoms with Gasteiger partial charge >= 0.3 is 5.97 Å². The molecule has 0 atom stereocenters. The molecule has 0 radical (unpaired) electrons. The van der Waals surface area contributed by atoms with Gasteiger partial charge < -0.3 is 10.4 Å². The summed E-state index contributed by atoms with van der Waals surface area (Å²) in [7, 11) is 0. The van der Waals surface area contributed by atoms with Gasteiger partial charge in [0.25, 0.3) is 0 Å². The van der Waals surface area contributed by atoms with E-state index < -0.39 is 5.97 Å². The minimum absolute atomic E-state index is 0.160. The molecular formula is C11H15N5O2. The lowest BCUT2D eigenvalue weighted by Gasteiger charge is -2.10. The molecule has 3 N–H and O–H groups in total. The molecule has 2 heterocycles. The Labute approximate surface area is 104 Å². The summed E-state index contributed by atoms with van der Waals surface area (Å²) in [5.41, 5.74) is 1.98. The van der Waals surface area contributed by atoms with Gasteiger partial charge in [0.15, 0.2) is 5.52 Å². The summed E-state index contributed by atoms with van der Waals surface area (Å²) in [6, 6.07) is 0. The molecule has 0 saturated carbocycles. The molecule has 2 aromatic rings. The number of carboxylic acid groups (broad SMARTS) is 1. The van der Waals surface area contributed by atoms with E-state index in [1.54, 1.807) is 6.92 Å². The highest BCUT2D eigenvalue weighted by Gasteiger charge is 2.20. The van der Waals surface area contributed by atoms with Gasteiger partial charge in [-0.15, -0.1) is 5.10 Å². The van der Waals surface area contributed by atoms with Gasteiger partial charge in [0.2, 0.25) is 5.65 Å². The number of carboxylic acids is 1.